The van der Waals surface area contributed by atoms with Crippen LogP contribution in [0.15, 0.2) is 36.4 Å². The van der Waals surface area contributed by atoms with Gasteiger partial charge in [0.15, 0.2) is 0 Å². The maximum Gasteiger partial charge on any atom is 0.321 e. The second kappa shape index (κ2) is 8.06. The number of ether oxygens (including phenoxy) is 1. The summed E-state index contributed by atoms with van der Waals surface area (Å²) >= 11 is 5.83. The molecule has 5 heteroatoms. The molecule has 0 saturated carbocycles. The first-order valence-electron chi connectivity index (χ1n) is 7.85. The van der Waals surface area contributed by atoms with Crippen molar-refractivity contribution in [3.05, 3.63) is 58.1 Å². The lowest BCUT2D eigenvalue weighted by atomic mass is 10.1. The molecule has 0 aromatic heterocycles. The van der Waals surface area contributed by atoms with Crippen LogP contribution in [0.5, 0.6) is 5.75 Å². The highest BCUT2D eigenvalue weighted by Gasteiger charge is 2.12. The number of nitrogens with zero attached hydrogens (tertiary/aromatic N) is 1. The second-order valence-corrected chi connectivity index (χ2v) is 6.36. The summed E-state index contributed by atoms with van der Waals surface area (Å²) < 4.78 is 5.61. The van der Waals surface area contributed by atoms with Crippen LogP contribution in [-0.4, -0.2) is 31.1 Å². The molecule has 128 valence electrons. The molecular formula is C19H23ClN2O2. The fourth-order valence-electron chi connectivity index (χ4n) is 2.51. The van der Waals surface area contributed by atoms with E-state index in [9.17, 15) is 4.79 Å². The Hall–Kier alpha value is -2.20. The van der Waals surface area contributed by atoms with E-state index >= 15 is 0 Å². The normalized spacial score (nSPS) is 10.4. The van der Waals surface area contributed by atoms with E-state index in [1.165, 1.54) is 5.56 Å². The molecule has 0 bridgehead atoms. The lowest BCUT2D eigenvalue weighted by Crippen LogP contribution is -2.34. The highest BCUT2D eigenvalue weighted by atomic mass is 35.5. The van der Waals surface area contributed by atoms with Crippen molar-refractivity contribution < 1.29 is 9.53 Å². The quantitative estimate of drug-likeness (QED) is 0.844. The number of hydrogen-bond acceptors (Lipinski definition) is 2. The average Bonchev–Trinajstić information content (AvgIpc) is 2.52. The van der Waals surface area contributed by atoms with Crippen molar-refractivity contribution in [3.8, 4) is 5.75 Å². The van der Waals surface area contributed by atoms with Gasteiger partial charge < -0.3 is 15.0 Å². The monoisotopic (exact) mass is 346 g/mol. The fraction of sp³-hybridized carbons (Fsp3) is 0.316. The first-order chi connectivity index (χ1) is 11.4. The molecule has 0 heterocycles. The Balaban J connectivity index is 1.87. The van der Waals surface area contributed by atoms with E-state index in [1.54, 1.807) is 36.2 Å². The Bertz CT molecular complexity index is 691. The molecule has 4 nitrogen and oxygen atoms in total. The van der Waals surface area contributed by atoms with E-state index < -0.39 is 0 Å². The molecule has 0 aliphatic heterocycles. The van der Waals surface area contributed by atoms with E-state index in [1.807, 2.05) is 20.8 Å². The summed E-state index contributed by atoms with van der Waals surface area (Å²) in [5.41, 5.74) is 4.18. The molecule has 0 atom stereocenters. The van der Waals surface area contributed by atoms with E-state index in [-0.39, 0.29) is 6.03 Å². The number of carbonyl (C=O) groups excluding carboxylic acids is 1. The Morgan fingerprint density at radius 2 is 1.71 bits per heavy atom. The highest BCUT2D eigenvalue weighted by Crippen LogP contribution is 2.22. The van der Waals surface area contributed by atoms with E-state index in [0.29, 0.717) is 18.2 Å². The van der Waals surface area contributed by atoms with Crippen LogP contribution in [0, 0.1) is 20.8 Å². The maximum absolute atomic E-state index is 12.3. The van der Waals surface area contributed by atoms with Crippen molar-refractivity contribution in [3.63, 3.8) is 0 Å². The summed E-state index contributed by atoms with van der Waals surface area (Å²) in [6, 6.07) is 11.1. The summed E-state index contributed by atoms with van der Waals surface area (Å²) in [4.78, 5) is 13.9. The molecule has 0 fully saturated rings. The lowest BCUT2D eigenvalue weighted by Gasteiger charge is -2.20. The molecule has 2 rings (SSSR count). The highest BCUT2D eigenvalue weighted by molar-refractivity contribution is 6.30. The number of aryl methyl sites for hydroxylation is 3. The van der Waals surface area contributed by atoms with Crippen LogP contribution < -0.4 is 10.1 Å². The molecule has 0 saturated heterocycles. The number of halogens is 1. The summed E-state index contributed by atoms with van der Waals surface area (Å²) in [6.07, 6.45) is 0. The Labute approximate surface area is 148 Å². The third-order valence-corrected chi connectivity index (χ3v) is 4.02. The van der Waals surface area contributed by atoms with Crippen LogP contribution in [0.2, 0.25) is 5.02 Å². The van der Waals surface area contributed by atoms with Crippen LogP contribution in [-0.2, 0) is 0 Å². The standard InChI is InChI=1S/C19H23ClN2O2/c1-13-11-14(2)18(15(3)12-13)21-19(23)22(4)9-10-24-17-7-5-16(20)6-8-17/h5-8,11-12H,9-10H2,1-4H3,(H,21,23). The molecule has 2 aromatic rings. The van der Waals surface area contributed by atoms with Crippen molar-refractivity contribution >= 4 is 23.3 Å². The SMILES string of the molecule is Cc1cc(C)c(NC(=O)N(C)CCOc2ccc(Cl)cc2)c(C)c1. The van der Waals surface area contributed by atoms with Gasteiger partial charge in [0.05, 0.1) is 6.54 Å². The van der Waals surface area contributed by atoms with Gasteiger partial charge in [-0.2, -0.15) is 0 Å². The first-order valence-corrected chi connectivity index (χ1v) is 8.23. The molecule has 0 unspecified atom stereocenters. The molecule has 0 spiro atoms. The zero-order chi connectivity index (χ0) is 17.7. The Morgan fingerprint density at radius 1 is 1.12 bits per heavy atom. The van der Waals surface area contributed by atoms with Crippen molar-refractivity contribution in [2.24, 2.45) is 0 Å². The fourth-order valence-corrected chi connectivity index (χ4v) is 2.64. The minimum atomic E-state index is -0.148. The van der Waals surface area contributed by atoms with Gasteiger partial charge >= 0.3 is 6.03 Å². The molecule has 1 N–H and O–H groups in total. The van der Waals surface area contributed by atoms with Crippen LogP contribution in [0.4, 0.5) is 10.5 Å². The van der Waals surface area contributed by atoms with E-state index in [4.69, 9.17) is 16.3 Å². The number of likely N-dealkylation sites (N-methyl/N-ethyl adjacent to an activating group) is 1. The van der Waals surface area contributed by atoms with Gasteiger partial charge in [-0.05, 0) is 56.2 Å². The largest absolute Gasteiger partial charge is 0.492 e. The van der Waals surface area contributed by atoms with Crippen molar-refractivity contribution in [1.82, 2.24) is 4.90 Å². The van der Waals surface area contributed by atoms with Crippen LogP contribution >= 0.6 is 11.6 Å². The molecule has 0 radical (unpaired) electrons. The molecule has 2 aromatic carbocycles. The first kappa shape index (κ1) is 18.1. The number of amides is 2. The average molecular weight is 347 g/mol. The van der Waals surface area contributed by atoms with Crippen molar-refractivity contribution in [2.45, 2.75) is 20.8 Å². The molecule has 0 aliphatic carbocycles. The summed E-state index contributed by atoms with van der Waals surface area (Å²) in [6.45, 7) is 6.94. The topological polar surface area (TPSA) is 41.6 Å². The van der Waals surface area contributed by atoms with Gasteiger partial charge in [-0.3, -0.25) is 0 Å². The van der Waals surface area contributed by atoms with Gasteiger partial charge in [0, 0.05) is 17.8 Å². The predicted octanol–water partition coefficient (Wildman–Crippen LogP) is 4.81. The third kappa shape index (κ3) is 4.90. The van der Waals surface area contributed by atoms with E-state index in [2.05, 4.69) is 17.4 Å². The predicted molar refractivity (Wildman–Crippen MR) is 99.2 cm³/mol. The zero-order valence-corrected chi connectivity index (χ0v) is 15.3. The number of benzene rings is 2. The number of carbonyl (C=O) groups is 1. The molecule has 0 aliphatic rings. The van der Waals surface area contributed by atoms with Gasteiger partial charge in [-0.15, -0.1) is 0 Å². The summed E-state index contributed by atoms with van der Waals surface area (Å²) in [5.74, 6) is 0.735. The van der Waals surface area contributed by atoms with Crippen LogP contribution in [0.1, 0.15) is 16.7 Å². The number of nitrogens with one attached hydrogen (secondary N) is 1. The smallest absolute Gasteiger partial charge is 0.321 e. The minimum absolute atomic E-state index is 0.148. The third-order valence-electron chi connectivity index (χ3n) is 3.76. The molecule has 24 heavy (non-hydrogen) atoms. The lowest BCUT2D eigenvalue weighted by molar-refractivity contribution is 0.207. The van der Waals surface area contributed by atoms with Crippen molar-refractivity contribution in [2.75, 3.05) is 25.5 Å². The maximum atomic E-state index is 12.3. The Morgan fingerprint density at radius 3 is 2.29 bits per heavy atom. The number of rotatable bonds is 5. The Kier molecular flexibility index (Phi) is 6.10. The number of hydrogen-bond donors (Lipinski definition) is 1. The summed E-state index contributed by atoms with van der Waals surface area (Å²) in [5, 5.41) is 3.64. The van der Waals surface area contributed by atoms with Gasteiger partial charge in [0.25, 0.3) is 0 Å². The summed E-state index contributed by atoms with van der Waals surface area (Å²) in [7, 11) is 1.75. The molecule has 2 amide bonds. The van der Waals surface area contributed by atoms with Crippen molar-refractivity contribution in [1.29, 1.82) is 0 Å². The number of anilines is 1. The number of urea groups is 1. The zero-order valence-electron chi connectivity index (χ0n) is 14.5. The van der Waals surface area contributed by atoms with Gasteiger partial charge in [-0.1, -0.05) is 29.3 Å². The van der Waals surface area contributed by atoms with E-state index in [0.717, 1.165) is 22.6 Å². The second-order valence-electron chi connectivity index (χ2n) is 5.93. The minimum Gasteiger partial charge on any atom is -0.492 e. The van der Waals surface area contributed by atoms with Gasteiger partial charge in [0.1, 0.15) is 12.4 Å². The van der Waals surface area contributed by atoms with Gasteiger partial charge in [-0.25, -0.2) is 4.79 Å². The molecular weight excluding hydrogens is 324 g/mol. The van der Waals surface area contributed by atoms with Crippen LogP contribution in [0.25, 0.3) is 0 Å². The van der Waals surface area contributed by atoms with Gasteiger partial charge in [0.2, 0.25) is 0 Å². The van der Waals surface area contributed by atoms with Crippen LogP contribution in [0.3, 0.4) is 0 Å².